The SMILES string of the molecule is Cc1ccccc1CSCC(C)C#N. The maximum Gasteiger partial charge on any atom is 0.0661 e. The largest absolute Gasteiger partial charge is 0.198 e. The van der Waals surface area contributed by atoms with Gasteiger partial charge in [0.2, 0.25) is 0 Å². The molecule has 0 aliphatic rings. The molecule has 0 heterocycles. The molecule has 1 atom stereocenters. The molecule has 0 saturated carbocycles. The molecule has 0 aliphatic carbocycles. The van der Waals surface area contributed by atoms with E-state index in [1.807, 2.05) is 18.7 Å². The van der Waals surface area contributed by atoms with Gasteiger partial charge in [0.15, 0.2) is 0 Å². The molecular weight excluding hydrogens is 190 g/mol. The van der Waals surface area contributed by atoms with Crippen molar-refractivity contribution in [3.8, 4) is 6.07 Å². The van der Waals surface area contributed by atoms with E-state index in [9.17, 15) is 0 Å². The Morgan fingerprint density at radius 1 is 1.43 bits per heavy atom. The average molecular weight is 205 g/mol. The normalized spacial score (nSPS) is 12.1. The number of nitrogens with zero attached hydrogens (tertiary/aromatic N) is 1. The van der Waals surface area contributed by atoms with Crippen LogP contribution in [0.4, 0.5) is 0 Å². The first-order valence-corrected chi connectivity index (χ1v) is 5.91. The van der Waals surface area contributed by atoms with Crippen molar-refractivity contribution in [2.45, 2.75) is 19.6 Å². The smallest absolute Gasteiger partial charge is 0.0661 e. The summed E-state index contributed by atoms with van der Waals surface area (Å²) in [5.41, 5.74) is 2.72. The number of thioether (sulfide) groups is 1. The molecule has 0 saturated heterocycles. The summed E-state index contributed by atoms with van der Waals surface area (Å²) in [6.45, 7) is 4.09. The second kappa shape index (κ2) is 5.72. The number of nitriles is 1. The lowest BCUT2D eigenvalue weighted by atomic mass is 10.1. The quantitative estimate of drug-likeness (QED) is 0.752. The van der Waals surface area contributed by atoms with E-state index in [-0.39, 0.29) is 5.92 Å². The van der Waals surface area contributed by atoms with E-state index in [2.05, 4.69) is 37.3 Å². The summed E-state index contributed by atoms with van der Waals surface area (Å²) in [6, 6.07) is 10.6. The van der Waals surface area contributed by atoms with Gasteiger partial charge in [0, 0.05) is 11.5 Å². The first-order valence-electron chi connectivity index (χ1n) is 4.76. The Morgan fingerprint density at radius 3 is 2.79 bits per heavy atom. The summed E-state index contributed by atoms with van der Waals surface area (Å²) < 4.78 is 0. The Balaban J connectivity index is 2.40. The van der Waals surface area contributed by atoms with Crippen LogP contribution in [0.3, 0.4) is 0 Å². The Hall–Kier alpha value is -0.940. The third-order valence-corrected chi connectivity index (χ3v) is 3.36. The Morgan fingerprint density at radius 2 is 2.14 bits per heavy atom. The molecule has 0 bridgehead atoms. The minimum atomic E-state index is 0.156. The molecule has 1 aromatic rings. The van der Waals surface area contributed by atoms with Crippen LogP contribution in [0.25, 0.3) is 0 Å². The van der Waals surface area contributed by atoms with Gasteiger partial charge < -0.3 is 0 Å². The molecule has 0 N–H and O–H groups in total. The number of hydrogen-bond donors (Lipinski definition) is 0. The van der Waals surface area contributed by atoms with Crippen molar-refractivity contribution in [1.29, 1.82) is 5.26 Å². The maximum absolute atomic E-state index is 8.62. The topological polar surface area (TPSA) is 23.8 Å². The maximum atomic E-state index is 8.62. The van der Waals surface area contributed by atoms with E-state index >= 15 is 0 Å². The molecule has 1 aromatic carbocycles. The van der Waals surface area contributed by atoms with Crippen molar-refractivity contribution >= 4 is 11.8 Å². The zero-order valence-electron chi connectivity index (χ0n) is 8.66. The molecule has 0 amide bonds. The first kappa shape index (κ1) is 11.1. The Labute approximate surface area is 90.1 Å². The van der Waals surface area contributed by atoms with E-state index in [0.29, 0.717) is 0 Å². The number of aryl methyl sites for hydroxylation is 1. The number of hydrogen-bond acceptors (Lipinski definition) is 2. The Bertz CT molecular complexity index is 327. The van der Waals surface area contributed by atoms with Gasteiger partial charge in [-0.15, -0.1) is 0 Å². The fourth-order valence-corrected chi connectivity index (χ4v) is 2.24. The highest BCUT2D eigenvalue weighted by Crippen LogP contribution is 2.17. The Kier molecular flexibility index (Phi) is 4.55. The van der Waals surface area contributed by atoms with Crippen LogP contribution in [-0.2, 0) is 5.75 Å². The van der Waals surface area contributed by atoms with Gasteiger partial charge in [-0.05, 0) is 25.0 Å². The second-order valence-electron chi connectivity index (χ2n) is 3.47. The average Bonchev–Trinajstić information content (AvgIpc) is 2.20. The zero-order chi connectivity index (χ0) is 10.4. The van der Waals surface area contributed by atoms with Gasteiger partial charge in [-0.25, -0.2) is 0 Å². The summed E-state index contributed by atoms with van der Waals surface area (Å²) in [6.07, 6.45) is 0. The molecule has 1 unspecified atom stereocenters. The number of benzene rings is 1. The molecule has 0 aliphatic heterocycles. The van der Waals surface area contributed by atoms with Crippen molar-refractivity contribution in [3.63, 3.8) is 0 Å². The number of rotatable bonds is 4. The van der Waals surface area contributed by atoms with Gasteiger partial charge in [0.1, 0.15) is 0 Å². The van der Waals surface area contributed by atoms with Crippen LogP contribution in [-0.4, -0.2) is 5.75 Å². The van der Waals surface area contributed by atoms with E-state index in [1.165, 1.54) is 11.1 Å². The van der Waals surface area contributed by atoms with Crippen LogP contribution in [0.2, 0.25) is 0 Å². The van der Waals surface area contributed by atoms with Gasteiger partial charge in [-0.3, -0.25) is 0 Å². The van der Waals surface area contributed by atoms with Crippen LogP contribution >= 0.6 is 11.8 Å². The molecule has 1 nitrogen and oxygen atoms in total. The highest BCUT2D eigenvalue weighted by atomic mass is 32.2. The monoisotopic (exact) mass is 205 g/mol. The van der Waals surface area contributed by atoms with Gasteiger partial charge in [0.25, 0.3) is 0 Å². The molecule has 1 rings (SSSR count). The van der Waals surface area contributed by atoms with E-state index in [1.54, 1.807) is 0 Å². The summed E-state index contributed by atoms with van der Waals surface area (Å²) in [5.74, 6) is 2.09. The standard InChI is InChI=1S/C12H15NS/c1-10(7-13)8-14-9-12-6-4-3-5-11(12)2/h3-6,10H,8-9H2,1-2H3. The van der Waals surface area contributed by atoms with Crippen LogP contribution < -0.4 is 0 Å². The summed E-state index contributed by atoms with van der Waals surface area (Å²) >= 11 is 1.83. The van der Waals surface area contributed by atoms with Crippen molar-refractivity contribution in [2.24, 2.45) is 5.92 Å². The summed E-state index contributed by atoms with van der Waals surface area (Å²) in [5, 5.41) is 8.62. The van der Waals surface area contributed by atoms with E-state index in [4.69, 9.17) is 5.26 Å². The van der Waals surface area contributed by atoms with Crippen LogP contribution in [0.5, 0.6) is 0 Å². The van der Waals surface area contributed by atoms with E-state index in [0.717, 1.165) is 11.5 Å². The van der Waals surface area contributed by atoms with Crippen LogP contribution in [0.15, 0.2) is 24.3 Å². The van der Waals surface area contributed by atoms with Gasteiger partial charge >= 0.3 is 0 Å². The fraction of sp³-hybridized carbons (Fsp3) is 0.417. The third-order valence-electron chi connectivity index (χ3n) is 2.11. The fourth-order valence-electron chi connectivity index (χ4n) is 1.15. The molecular formula is C12H15NS. The van der Waals surface area contributed by atoms with Gasteiger partial charge in [-0.2, -0.15) is 17.0 Å². The zero-order valence-corrected chi connectivity index (χ0v) is 9.47. The predicted octanol–water partition coefficient (Wildman–Crippen LogP) is 3.39. The van der Waals surface area contributed by atoms with Crippen molar-refractivity contribution in [2.75, 3.05) is 5.75 Å². The van der Waals surface area contributed by atoms with Crippen LogP contribution in [0, 0.1) is 24.2 Å². The molecule has 0 radical (unpaired) electrons. The first-order chi connectivity index (χ1) is 6.74. The highest BCUT2D eigenvalue weighted by Gasteiger charge is 2.01. The lowest BCUT2D eigenvalue weighted by molar-refractivity contribution is 0.863. The van der Waals surface area contributed by atoms with Crippen molar-refractivity contribution in [3.05, 3.63) is 35.4 Å². The molecule has 14 heavy (non-hydrogen) atoms. The van der Waals surface area contributed by atoms with Gasteiger partial charge in [-0.1, -0.05) is 24.3 Å². The molecule has 0 spiro atoms. The second-order valence-corrected chi connectivity index (χ2v) is 4.50. The summed E-state index contributed by atoms with van der Waals surface area (Å²) in [7, 11) is 0. The minimum Gasteiger partial charge on any atom is -0.198 e. The molecule has 74 valence electrons. The van der Waals surface area contributed by atoms with Crippen LogP contribution in [0.1, 0.15) is 18.1 Å². The highest BCUT2D eigenvalue weighted by molar-refractivity contribution is 7.98. The van der Waals surface area contributed by atoms with E-state index < -0.39 is 0 Å². The van der Waals surface area contributed by atoms with Gasteiger partial charge in [0.05, 0.1) is 12.0 Å². The van der Waals surface area contributed by atoms with Crippen molar-refractivity contribution in [1.82, 2.24) is 0 Å². The lowest BCUT2D eigenvalue weighted by Crippen LogP contribution is -1.94. The minimum absolute atomic E-state index is 0.156. The third kappa shape index (κ3) is 3.43. The molecule has 0 aromatic heterocycles. The predicted molar refractivity (Wildman–Crippen MR) is 62.1 cm³/mol. The summed E-state index contributed by atoms with van der Waals surface area (Å²) in [4.78, 5) is 0. The van der Waals surface area contributed by atoms with Crippen molar-refractivity contribution < 1.29 is 0 Å². The molecule has 2 heteroatoms. The lowest BCUT2D eigenvalue weighted by Gasteiger charge is -2.05. The molecule has 0 fully saturated rings.